The Bertz CT molecular complexity index is 803. The molecular formula is C16H17N3O3S. The minimum Gasteiger partial charge on any atom is -0.496 e. The third-order valence-electron chi connectivity index (χ3n) is 3.72. The van der Waals surface area contributed by atoms with E-state index in [9.17, 15) is 9.59 Å². The Hall–Kier alpha value is -2.28. The maximum Gasteiger partial charge on any atom is 0.257 e. The van der Waals surface area contributed by atoms with Crippen LogP contribution in [0.2, 0.25) is 0 Å². The summed E-state index contributed by atoms with van der Waals surface area (Å²) in [5.74, 6) is 1.26. The minimum atomic E-state index is -0.369. The summed E-state index contributed by atoms with van der Waals surface area (Å²) in [6, 6.07) is 7.42. The number of H-pyrrole nitrogens is 1. The summed E-state index contributed by atoms with van der Waals surface area (Å²) >= 11 is 1.43. The first-order valence-electron chi connectivity index (χ1n) is 7.33. The zero-order valence-corrected chi connectivity index (χ0v) is 13.7. The predicted molar refractivity (Wildman–Crippen MR) is 89.3 cm³/mol. The number of nitrogens with one attached hydrogen (secondary N) is 2. The van der Waals surface area contributed by atoms with Gasteiger partial charge in [0.1, 0.15) is 11.6 Å². The van der Waals surface area contributed by atoms with E-state index < -0.39 is 0 Å². The monoisotopic (exact) mass is 331 g/mol. The standard InChI is InChI=1S/C16H17N3O3S/c1-3-23-16-18-14-13(15(21)19-16)10(8-12(20)17-14)9-6-4-5-7-11(9)22-2/h4-7,10H,3,8H2,1-2H3,(H2,17,18,19,20,21)/t10-/m0/s1. The van der Waals surface area contributed by atoms with Gasteiger partial charge in [0.05, 0.1) is 12.7 Å². The lowest BCUT2D eigenvalue weighted by Gasteiger charge is -2.25. The van der Waals surface area contributed by atoms with E-state index in [0.29, 0.717) is 22.3 Å². The summed E-state index contributed by atoms with van der Waals surface area (Å²) < 4.78 is 5.38. The summed E-state index contributed by atoms with van der Waals surface area (Å²) in [6.07, 6.45) is 0.193. The number of ether oxygens (including phenoxy) is 1. The number of amides is 1. The fourth-order valence-electron chi connectivity index (χ4n) is 2.78. The van der Waals surface area contributed by atoms with Gasteiger partial charge in [0, 0.05) is 17.9 Å². The van der Waals surface area contributed by atoms with E-state index in [1.165, 1.54) is 11.8 Å². The summed E-state index contributed by atoms with van der Waals surface area (Å²) in [6.45, 7) is 1.97. The summed E-state index contributed by atoms with van der Waals surface area (Å²) in [5, 5.41) is 3.22. The number of methoxy groups -OCH3 is 1. The van der Waals surface area contributed by atoms with Crippen LogP contribution in [0.5, 0.6) is 5.75 Å². The second kappa shape index (κ2) is 6.45. The van der Waals surface area contributed by atoms with E-state index in [4.69, 9.17) is 4.74 Å². The Morgan fingerprint density at radius 1 is 1.35 bits per heavy atom. The van der Waals surface area contributed by atoms with Crippen LogP contribution >= 0.6 is 11.8 Å². The number of nitrogens with zero attached hydrogens (tertiary/aromatic N) is 1. The lowest BCUT2D eigenvalue weighted by atomic mass is 9.86. The van der Waals surface area contributed by atoms with Crippen molar-refractivity contribution in [1.82, 2.24) is 9.97 Å². The first-order chi connectivity index (χ1) is 11.1. The summed E-state index contributed by atoms with van der Waals surface area (Å²) in [5.41, 5.74) is 1.07. The van der Waals surface area contributed by atoms with Crippen molar-refractivity contribution in [2.75, 3.05) is 18.2 Å². The molecule has 2 heterocycles. The zero-order chi connectivity index (χ0) is 16.4. The summed E-state index contributed by atoms with van der Waals surface area (Å²) in [7, 11) is 1.58. The van der Waals surface area contributed by atoms with Gasteiger partial charge < -0.3 is 15.0 Å². The molecule has 1 aromatic heterocycles. The van der Waals surface area contributed by atoms with E-state index in [2.05, 4.69) is 15.3 Å². The highest BCUT2D eigenvalue weighted by atomic mass is 32.2. The average Bonchev–Trinajstić information content (AvgIpc) is 2.54. The van der Waals surface area contributed by atoms with Crippen LogP contribution in [0, 0.1) is 0 Å². The van der Waals surface area contributed by atoms with Crippen molar-refractivity contribution in [3.8, 4) is 5.75 Å². The SMILES string of the molecule is CCSc1nc2c(c(=O)[nH]1)[C@H](c1ccccc1OC)CC(=O)N2. The van der Waals surface area contributed by atoms with Crippen molar-refractivity contribution in [1.29, 1.82) is 0 Å². The van der Waals surface area contributed by atoms with Crippen molar-refractivity contribution < 1.29 is 9.53 Å². The maximum absolute atomic E-state index is 12.5. The van der Waals surface area contributed by atoms with Gasteiger partial charge in [-0.05, 0) is 11.8 Å². The number of aromatic nitrogens is 2. The van der Waals surface area contributed by atoms with E-state index in [1.54, 1.807) is 7.11 Å². The molecule has 1 aliphatic heterocycles. The van der Waals surface area contributed by atoms with Crippen molar-refractivity contribution in [3.05, 3.63) is 45.7 Å². The molecule has 0 saturated heterocycles. The number of benzene rings is 1. The van der Waals surface area contributed by atoms with Crippen LogP contribution in [0.25, 0.3) is 0 Å². The highest BCUT2D eigenvalue weighted by Gasteiger charge is 2.32. The summed E-state index contributed by atoms with van der Waals surface area (Å²) in [4.78, 5) is 31.8. The van der Waals surface area contributed by atoms with Gasteiger partial charge >= 0.3 is 0 Å². The molecule has 0 aliphatic carbocycles. The van der Waals surface area contributed by atoms with Gasteiger partial charge in [0.15, 0.2) is 5.16 Å². The Kier molecular flexibility index (Phi) is 4.38. The van der Waals surface area contributed by atoms with Crippen LogP contribution in [0.15, 0.2) is 34.2 Å². The highest BCUT2D eigenvalue weighted by Crippen LogP contribution is 2.38. The molecule has 0 fully saturated rings. The molecule has 0 saturated carbocycles. The van der Waals surface area contributed by atoms with Crippen molar-refractivity contribution in [2.45, 2.75) is 24.4 Å². The number of hydrogen-bond acceptors (Lipinski definition) is 5. The molecule has 1 aliphatic rings. The highest BCUT2D eigenvalue weighted by molar-refractivity contribution is 7.99. The molecule has 0 spiro atoms. The van der Waals surface area contributed by atoms with Crippen LogP contribution in [0.3, 0.4) is 0 Å². The minimum absolute atomic E-state index is 0.154. The molecule has 0 bridgehead atoms. The third kappa shape index (κ3) is 2.96. The molecule has 3 rings (SSSR count). The van der Waals surface area contributed by atoms with E-state index in [1.807, 2.05) is 31.2 Å². The average molecular weight is 331 g/mol. The zero-order valence-electron chi connectivity index (χ0n) is 12.9. The number of carbonyl (C=O) groups is 1. The van der Waals surface area contributed by atoms with Gasteiger partial charge in [0.2, 0.25) is 5.91 Å². The topological polar surface area (TPSA) is 84.1 Å². The largest absolute Gasteiger partial charge is 0.496 e. The molecule has 23 heavy (non-hydrogen) atoms. The molecular weight excluding hydrogens is 314 g/mol. The normalized spacial score (nSPS) is 16.6. The van der Waals surface area contributed by atoms with Gasteiger partial charge in [-0.25, -0.2) is 4.98 Å². The number of carbonyl (C=O) groups excluding carboxylic acids is 1. The Morgan fingerprint density at radius 2 is 2.13 bits per heavy atom. The Labute approximate surface area is 137 Å². The van der Waals surface area contributed by atoms with Crippen LogP contribution in [0.4, 0.5) is 5.82 Å². The molecule has 120 valence electrons. The lowest BCUT2D eigenvalue weighted by molar-refractivity contribution is -0.116. The van der Waals surface area contributed by atoms with Crippen LogP contribution in [-0.4, -0.2) is 28.7 Å². The number of anilines is 1. The Morgan fingerprint density at radius 3 is 2.87 bits per heavy atom. The number of hydrogen-bond donors (Lipinski definition) is 2. The maximum atomic E-state index is 12.5. The van der Waals surface area contributed by atoms with Crippen LogP contribution in [-0.2, 0) is 4.79 Å². The molecule has 1 aromatic carbocycles. The second-order valence-corrected chi connectivity index (χ2v) is 6.37. The van der Waals surface area contributed by atoms with Crippen molar-refractivity contribution in [3.63, 3.8) is 0 Å². The van der Waals surface area contributed by atoms with E-state index >= 15 is 0 Å². The first kappa shape index (κ1) is 15.6. The lowest BCUT2D eigenvalue weighted by Crippen LogP contribution is -2.31. The van der Waals surface area contributed by atoms with Crippen molar-refractivity contribution >= 4 is 23.5 Å². The first-order valence-corrected chi connectivity index (χ1v) is 8.32. The third-order valence-corrected chi connectivity index (χ3v) is 4.48. The molecule has 2 aromatic rings. The van der Waals surface area contributed by atoms with E-state index in [-0.39, 0.29) is 23.8 Å². The van der Waals surface area contributed by atoms with Gasteiger partial charge in [0.25, 0.3) is 5.56 Å². The van der Waals surface area contributed by atoms with E-state index in [0.717, 1.165) is 11.3 Å². The van der Waals surface area contributed by atoms with Crippen LogP contribution in [0.1, 0.15) is 30.4 Å². The quantitative estimate of drug-likeness (QED) is 0.664. The fourth-order valence-corrected chi connectivity index (χ4v) is 3.37. The molecule has 0 radical (unpaired) electrons. The van der Waals surface area contributed by atoms with Gasteiger partial charge in [-0.3, -0.25) is 9.59 Å². The number of thioether (sulfide) groups is 1. The molecule has 1 atom stereocenters. The molecule has 2 N–H and O–H groups in total. The Balaban J connectivity index is 2.15. The van der Waals surface area contributed by atoms with Gasteiger partial charge in [-0.15, -0.1) is 0 Å². The molecule has 1 amide bonds. The fraction of sp³-hybridized carbons (Fsp3) is 0.312. The number of para-hydroxylation sites is 1. The molecule has 6 nitrogen and oxygen atoms in total. The van der Waals surface area contributed by atoms with Gasteiger partial charge in [-0.1, -0.05) is 36.9 Å². The molecule has 0 unspecified atom stereocenters. The smallest absolute Gasteiger partial charge is 0.257 e. The number of rotatable bonds is 4. The second-order valence-electron chi connectivity index (χ2n) is 5.11. The number of aromatic amines is 1. The van der Waals surface area contributed by atoms with Crippen LogP contribution < -0.4 is 15.6 Å². The van der Waals surface area contributed by atoms with Crippen molar-refractivity contribution in [2.24, 2.45) is 0 Å². The number of fused-ring (bicyclic) bond motifs is 1. The predicted octanol–water partition coefficient (Wildman–Crippen LogP) is 2.36. The molecule has 7 heteroatoms. The van der Waals surface area contributed by atoms with Gasteiger partial charge in [-0.2, -0.15) is 0 Å².